The molecular weight excluding hydrogens is 154 g/mol. The molecule has 0 unspecified atom stereocenters. The van der Waals surface area contributed by atoms with Gasteiger partial charge in [-0.3, -0.25) is 4.79 Å². The first-order chi connectivity index (χ1) is 5.81. The topological polar surface area (TPSA) is 38.3 Å². The monoisotopic (exact) mass is 173 g/mol. The number of hydrogen-bond acceptors (Lipinski definition) is 3. The van der Waals surface area contributed by atoms with Crippen molar-refractivity contribution in [2.75, 3.05) is 6.54 Å². The van der Waals surface area contributed by atoms with Gasteiger partial charge in [0, 0.05) is 13.0 Å². The molecule has 72 valence electrons. The Balaban J connectivity index is 2.95. The van der Waals surface area contributed by atoms with Crippen molar-refractivity contribution in [1.29, 1.82) is 0 Å². The van der Waals surface area contributed by atoms with Crippen LogP contribution in [0.25, 0.3) is 0 Å². The first-order valence-electron chi connectivity index (χ1n) is 4.73. The Hall–Kier alpha value is -0.570. The third-order valence-electron chi connectivity index (χ3n) is 1.61. The molecule has 0 aliphatic heterocycles. The second-order valence-corrected chi connectivity index (χ2v) is 2.78. The van der Waals surface area contributed by atoms with E-state index in [1.54, 1.807) is 6.92 Å². The van der Waals surface area contributed by atoms with Crippen molar-refractivity contribution < 1.29 is 9.63 Å². The summed E-state index contributed by atoms with van der Waals surface area (Å²) in [4.78, 5) is 15.3. The van der Waals surface area contributed by atoms with E-state index < -0.39 is 0 Å². The smallest absolute Gasteiger partial charge is 0.324 e. The minimum Gasteiger partial charge on any atom is -0.371 e. The number of unbranched alkanes of at least 4 members (excludes halogenated alkanes) is 3. The third-order valence-corrected chi connectivity index (χ3v) is 1.61. The second kappa shape index (κ2) is 8.53. The molecule has 0 fully saturated rings. The molecule has 0 amide bonds. The highest BCUT2D eigenvalue weighted by molar-refractivity contribution is 5.68. The number of carbonyl (C=O) groups excluding carboxylic acids is 1. The van der Waals surface area contributed by atoms with E-state index >= 15 is 0 Å². The minimum absolute atomic E-state index is 0.189. The van der Waals surface area contributed by atoms with Crippen LogP contribution in [0.4, 0.5) is 0 Å². The molecule has 0 spiro atoms. The van der Waals surface area contributed by atoms with Crippen LogP contribution in [0.3, 0.4) is 0 Å². The zero-order chi connectivity index (χ0) is 9.23. The fourth-order valence-corrected chi connectivity index (χ4v) is 0.828. The Morgan fingerprint density at radius 2 is 2.00 bits per heavy atom. The minimum atomic E-state index is -0.189. The first kappa shape index (κ1) is 11.4. The summed E-state index contributed by atoms with van der Waals surface area (Å²) in [5, 5.41) is 0. The predicted octanol–water partition coefficient (Wildman–Crippen LogP) is 2.02. The molecular formula is C9H19NO2. The van der Waals surface area contributed by atoms with E-state index in [1.165, 1.54) is 19.3 Å². The molecule has 3 heteroatoms. The molecule has 0 radical (unpaired) electrons. The van der Waals surface area contributed by atoms with E-state index in [0.29, 0.717) is 6.42 Å². The Labute approximate surface area is 74.4 Å². The van der Waals surface area contributed by atoms with E-state index in [4.69, 9.17) is 0 Å². The van der Waals surface area contributed by atoms with E-state index in [-0.39, 0.29) is 5.97 Å². The molecule has 0 aromatic rings. The summed E-state index contributed by atoms with van der Waals surface area (Å²) in [6, 6.07) is 0. The molecule has 0 aliphatic carbocycles. The lowest BCUT2D eigenvalue weighted by molar-refractivity contribution is -0.150. The predicted molar refractivity (Wildman–Crippen MR) is 48.5 cm³/mol. The quantitative estimate of drug-likeness (QED) is 0.473. The first-order valence-corrected chi connectivity index (χ1v) is 4.73. The van der Waals surface area contributed by atoms with Gasteiger partial charge in [-0.15, -0.1) is 0 Å². The van der Waals surface area contributed by atoms with E-state index in [1.807, 2.05) is 0 Å². The largest absolute Gasteiger partial charge is 0.371 e. The van der Waals surface area contributed by atoms with Crippen LogP contribution in [0.2, 0.25) is 0 Å². The van der Waals surface area contributed by atoms with Crippen molar-refractivity contribution in [3.63, 3.8) is 0 Å². The van der Waals surface area contributed by atoms with Gasteiger partial charge in [-0.1, -0.05) is 33.1 Å². The molecule has 0 saturated heterocycles. The van der Waals surface area contributed by atoms with Gasteiger partial charge in [0.1, 0.15) is 0 Å². The SMILES string of the molecule is CCCCCCNOC(=O)CC. The Morgan fingerprint density at radius 1 is 1.25 bits per heavy atom. The molecule has 1 N–H and O–H groups in total. The van der Waals surface area contributed by atoms with Crippen LogP contribution in [0.15, 0.2) is 0 Å². The molecule has 0 aliphatic rings. The van der Waals surface area contributed by atoms with Crippen LogP contribution in [0, 0.1) is 0 Å². The molecule has 3 nitrogen and oxygen atoms in total. The van der Waals surface area contributed by atoms with Crippen molar-refractivity contribution in [2.24, 2.45) is 0 Å². The maximum atomic E-state index is 10.6. The lowest BCUT2D eigenvalue weighted by Gasteiger charge is -2.03. The van der Waals surface area contributed by atoms with Gasteiger partial charge in [0.25, 0.3) is 0 Å². The highest BCUT2D eigenvalue weighted by atomic mass is 16.7. The average molecular weight is 173 g/mol. The molecule has 0 bridgehead atoms. The Bertz CT molecular complexity index is 115. The highest BCUT2D eigenvalue weighted by Crippen LogP contribution is 1.96. The summed E-state index contributed by atoms with van der Waals surface area (Å²) in [5.41, 5.74) is 2.65. The summed E-state index contributed by atoms with van der Waals surface area (Å²) >= 11 is 0. The van der Waals surface area contributed by atoms with Gasteiger partial charge in [-0.2, -0.15) is 5.48 Å². The number of rotatable bonds is 7. The van der Waals surface area contributed by atoms with Gasteiger partial charge in [0.2, 0.25) is 0 Å². The van der Waals surface area contributed by atoms with Crippen molar-refractivity contribution in [3.8, 4) is 0 Å². The van der Waals surface area contributed by atoms with Gasteiger partial charge in [-0.05, 0) is 6.42 Å². The fraction of sp³-hybridized carbons (Fsp3) is 0.889. The highest BCUT2D eigenvalue weighted by Gasteiger charge is 1.95. The molecule has 0 aromatic heterocycles. The van der Waals surface area contributed by atoms with Crippen LogP contribution >= 0.6 is 0 Å². The molecule has 0 heterocycles. The lowest BCUT2D eigenvalue weighted by atomic mass is 10.2. The lowest BCUT2D eigenvalue weighted by Crippen LogP contribution is -2.20. The third kappa shape index (κ3) is 7.54. The van der Waals surface area contributed by atoms with E-state index in [0.717, 1.165) is 13.0 Å². The molecule has 0 rings (SSSR count). The zero-order valence-corrected chi connectivity index (χ0v) is 8.06. The number of hydrogen-bond donors (Lipinski definition) is 1. The van der Waals surface area contributed by atoms with E-state index in [9.17, 15) is 4.79 Å². The average Bonchev–Trinajstić information content (AvgIpc) is 2.10. The second-order valence-electron chi connectivity index (χ2n) is 2.78. The summed E-state index contributed by atoms with van der Waals surface area (Å²) in [7, 11) is 0. The zero-order valence-electron chi connectivity index (χ0n) is 8.06. The summed E-state index contributed by atoms with van der Waals surface area (Å²) < 4.78 is 0. The summed E-state index contributed by atoms with van der Waals surface area (Å²) in [6.45, 7) is 4.72. The van der Waals surface area contributed by atoms with Gasteiger partial charge in [0.05, 0.1) is 0 Å². The van der Waals surface area contributed by atoms with Crippen LogP contribution in [-0.4, -0.2) is 12.5 Å². The normalized spacial score (nSPS) is 9.83. The number of carbonyl (C=O) groups is 1. The molecule has 12 heavy (non-hydrogen) atoms. The van der Waals surface area contributed by atoms with Crippen molar-refractivity contribution in [2.45, 2.75) is 46.0 Å². The summed E-state index contributed by atoms with van der Waals surface area (Å²) in [6.07, 6.45) is 5.19. The fourth-order valence-electron chi connectivity index (χ4n) is 0.828. The van der Waals surface area contributed by atoms with Crippen LogP contribution in [0.1, 0.15) is 46.0 Å². The maximum Gasteiger partial charge on any atom is 0.324 e. The van der Waals surface area contributed by atoms with Crippen LogP contribution in [0.5, 0.6) is 0 Å². The van der Waals surface area contributed by atoms with Gasteiger partial charge < -0.3 is 4.84 Å². The van der Waals surface area contributed by atoms with Gasteiger partial charge in [-0.25, -0.2) is 0 Å². The molecule has 0 saturated carbocycles. The van der Waals surface area contributed by atoms with Crippen molar-refractivity contribution >= 4 is 5.97 Å². The van der Waals surface area contributed by atoms with Gasteiger partial charge in [0.15, 0.2) is 0 Å². The number of hydroxylamine groups is 1. The van der Waals surface area contributed by atoms with Crippen LogP contribution < -0.4 is 5.48 Å². The van der Waals surface area contributed by atoms with Crippen molar-refractivity contribution in [1.82, 2.24) is 5.48 Å². The molecule has 0 aromatic carbocycles. The summed E-state index contributed by atoms with van der Waals surface area (Å²) in [5.74, 6) is -0.189. The van der Waals surface area contributed by atoms with E-state index in [2.05, 4.69) is 17.2 Å². The van der Waals surface area contributed by atoms with Crippen molar-refractivity contribution in [3.05, 3.63) is 0 Å². The standard InChI is InChI=1S/C9H19NO2/c1-3-5-6-7-8-10-12-9(11)4-2/h10H,3-8H2,1-2H3. The molecule has 0 atom stereocenters. The Morgan fingerprint density at radius 3 is 2.58 bits per heavy atom. The van der Waals surface area contributed by atoms with Gasteiger partial charge >= 0.3 is 5.97 Å². The van der Waals surface area contributed by atoms with Crippen LogP contribution in [-0.2, 0) is 9.63 Å². The maximum absolute atomic E-state index is 10.6. The Kier molecular flexibility index (Phi) is 8.12. The number of nitrogens with one attached hydrogen (secondary N) is 1.